The van der Waals surface area contributed by atoms with Gasteiger partial charge in [0.05, 0.1) is 23.6 Å². The Kier molecular flexibility index (Phi) is 10.8. The molecule has 0 aromatic heterocycles. The molecule has 0 aromatic rings. The Balaban J connectivity index is 0.000000280. The monoisotopic (exact) mass is 496 g/mol. The number of aldehydes is 2. The van der Waals surface area contributed by atoms with Crippen LogP contribution in [0, 0.1) is 11.8 Å². The van der Waals surface area contributed by atoms with Crippen molar-refractivity contribution in [2.24, 2.45) is 11.8 Å². The number of rotatable bonds is 6. The average Bonchev–Trinajstić information content (AvgIpc) is 2.66. The Morgan fingerprint density at radius 2 is 0.893 bits per heavy atom. The van der Waals surface area contributed by atoms with Crippen molar-refractivity contribution in [1.29, 1.82) is 0 Å². The lowest BCUT2D eigenvalue weighted by Crippen LogP contribution is -2.53. The minimum absolute atomic E-state index is 0.199. The van der Waals surface area contributed by atoms with E-state index in [1.165, 1.54) is 35.9 Å². The van der Waals surface area contributed by atoms with Crippen LogP contribution in [0.15, 0.2) is 0 Å². The predicted octanol–water partition coefficient (Wildman–Crippen LogP) is 6.53. The molecule has 0 aliphatic carbocycles. The molecule has 0 amide bonds. The highest BCUT2D eigenvalue weighted by molar-refractivity contribution is 8.21. The van der Waals surface area contributed by atoms with Crippen molar-refractivity contribution < 1.29 is 9.59 Å². The van der Waals surface area contributed by atoms with Gasteiger partial charge in [-0.3, -0.25) is 0 Å². The van der Waals surface area contributed by atoms with E-state index >= 15 is 0 Å². The van der Waals surface area contributed by atoms with Crippen molar-refractivity contribution in [2.75, 3.05) is 23.0 Å². The number of hydrogen-bond acceptors (Lipinski definition) is 6. The van der Waals surface area contributed by atoms with E-state index in [0.717, 1.165) is 12.6 Å². The third-order valence-corrected chi connectivity index (χ3v) is 26.3. The van der Waals surface area contributed by atoms with Gasteiger partial charge in [0.1, 0.15) is 12.6 Å². The Labute approximate surface area is 192 Å². The zero-order chi connectivity index (χ0) is 21.6. The maximum absolute atomic E-state index is 11.1. The second kappa shape index (κ2) is 11.2. The van der Waals surface area contributed by atoms with Gasteiger partial charge in [0, 0.05) is 11.8 Å². The number of hydrogen-bond donors (Lipinski definition) is 0. The van der Waals surface area contributed by atoms with Crippen LogP contribution in [-0.4, -0.2) is 59.1 Å². The summed E-state index contributed by atoms with van der Waals surface area (Å²) >= 11 is 8.17. The second-order valence-electron chi connectivity index (χ2n) is 9.79. The number of carbonyl (C=O) groups excluding carboxylic acids is 2. The zero-order valence-corrected chi connectivity index (χ0v) is 24.3. The maximum atomic E-state index is 11.1. The Morgan fingerprint density at radius 3 is 1.07 bits per heavy atom. The molecule has 2 rings (SSSR count). The van der Waals surface area contributed by atoms with Crippen molar-refractivity contribution in [2.45, 2.75) is 73.4 Å². The summed E-state index contributed by atoms with van der Waals surface area (Å²) < 4.78 is 0.458. The van der Waals surface area contributed by atoms with Crippen molar-refractivity contribution in [3.05, 3.63) is 0 Å². The fraction of sp³-hybridized carbons (Fsp3) is 0.900. The van der Waals surface area contributed by atoms with Crippen LogP contribution in [-0.2, 0) is 9.59 Å². The first-order chi connectivity index (χ1) is 12.9. The molecular weight excluding hydrogens is 457 g/mol. The molecule has 0 unspecified atom stereocenters. The summed E-state index contributed by atoms with van der Waals surface area (Å²) in [5.41, 5.74) is 0. The highest BCUT2D eigenvalue weighted by atomic mass is 32.2. The molecule has 8 heteroatoms. The molecule has 2 atom stereocenters. The highest BCUT2D eigenvalue weighted by Gasteiger charge is 2.50. The van der Waals surface area contributed by atoms with Crippen molar-refractivity contribution in [3.63, 3.8) is 0 Å². The van der Waals surface area contributed by atoms with Gasteiger partial charge < -0.3 is 9.59 Å². The largest absolute Gasteiger partial charge is 0.303 e. The lowest BCUT2D eigenvalue weighted by Gasteiger charge is -2.47. The molecular formula is C20H40O2S4Si2. The summed E-state index contributed by atoms with van der Waals surface area (Å²) in [6.45, 7) is 18.5. The smallest absolute Gasteiger partial charge is 0.124 e. The van der Waals surface area contributed by atoms with Gasteiger partial charge in [0.2, 0.25) is 0 Å². The number of thioether (sulfide) groups is 4. The van der Waals surface area contributed by atoms with Gasteiger partial charge in [0.15, 0.2) is 0 Å². The Morgan fingerprint density at radius 1 is 0.643 bits per heavy atom. The summed E-state index contributed by atoms with van der Waals surface area (Å²) in [5.74, 6) is 5.32. The van der Waals surface area contributed by atoms with Crippen LogP contribution < -0.4 is 0 Å². The minimum Gasteiger partial charge on any atom is -0.303 e. The summed E-state index contributed by atoms with van der Waals surface area (Å²) in [5, 5.41) is 0. The molecule has 2 aliphatic rings. The summed E-state index contributed by atoms with van der Waals surface area (Å²) in [7, 11) is -2.59. The Bertz CT molecular complexity index is 459. The molecule has 0 saturated carbocycles. The van der Waals surface area contributed by atoms with Crippen LogP contribution >= 0.6 is 47.0 Å². The molecule has 164 valence electrons. The van der Waals surface area contributed by atoms with Crippen LogP contribution in [0.5, 0.6) is 0 Å². The van der Waals surface area contributed by atoms with Crippen LogP contribution in [0.25, 0.3) is 0 Å². The molecule has 0 spiro atoms. The van der Waals surface area contributed by atoms with Gasteiger partial charge in [-0.05, 0) is 35.9 Å². The van der Waals surface area contributed by atoms with Crippen LogP contribution in [0.3, 0.4) is 0 Å². The molecule has 0 bridgehead atoms. The van der Waals surface area contributed by atoms with Crippen molar-refractivity contribution in [3.8, 4) is 0 Å². The van der Waals surface area contributed by atoms with Crippen LogP contribution in [0.4, 0.5) is 0 Å². The molecule has 2 aliphatic heterocycles. The lowest BCUT2D eigenvalue weighted by molar-refractivity contribution is -0.111. The maximum Gasteiger partial charge on any atom is 0.124 e. The van der Waals surface area contributed by atoms with Gasteiger partial charge in [-0.25, -0.2) is 0 Å². The van der Waals surface area contributed by atoms with Gasteiger partial charge in [-0.15, -0.1) is 47.0 Å². The molecule has 2 nitrogen and oxygen atoms in total. The molecule has 0 N–H and O–H groups in total. The van der Waals surface area contributed by atoms with E-state index in [4.69, 9.17) is 0 Å². The van der Waals surface area contributed by atoms with Crippen molar-refractivity contribution >= 4 is 75.8 Å². The predicted molar refractivity (Wildman–Crippen MR) is 142 cm³/mol. The molecule has 2 fully saturated rings. The molecule has 0 aromatic carbocycles. The fourth-order valence-electron chi connectivity index (χ4n) is 4.03. The Hall–Kier alpha value is 1.17. The van der Waals surface area contributed by atoms with E-state index in [9.17, 15) is 9.59 Å². The van der Waals surface area contributed by atoms with Crippen molar-refractivity contribution in [1.82, 2.24) is 0 Å². The number of carbonyl (C=O) groups is 2. The molecule has 2 saturated heterocycles. The first kappa shape index (κ1) is 27.2. The SMILES string of the molecule is C[C@@H](C=O)C1([Si](C)(C)C)SCCCS1.C[C@@H](C=O)C1([Si](C)(C)C)SCCCS1. The van der Waals surface area contributed by atoms with E-state index in [1.807, 2.05) is 47.0 Å². The summed E-state index contributed by atoms with van der Waals surface area (Å²) in [6, 6.07) is 0. The fourth-order valence-corrected chi connectivity index (χ4v) is 20.7. The van der Waals surface area contributed by atoms with E-state index in [-0.39, 0.29) is 19.2 Å². The van der Waals surface area contributed by atoms with E-state index in [0.29, 0.717) is 0 Å². The second-order valence-corrected chi connectivity index (χ2v) is 27.7. The minimum atomic E-state index is -1.30. The standard InChI is InChI=1S/2C10H20OS2Si/c2*1-9(8-11)10(14(2,3)4)12-6-5-7-13-10/h2*8-9H,5-7H2,1-4H3/t2*9-/m00/s1. The van der Waals surface area contributed by atoms with E-state index in [2.05, 4.69) is 53.1 Å². The molecule has 28 heavy (non-hydrogen) atoms. The molecule has 0 radical (unpaired) electrons. The summed E-state index contributed by atoms with van der Waals surface area (Å²) in [6.07, 6.45) is 4.91. The highest BCUT2D eigenvalue weighted by Crippen LogP contribution is 2.53. The van der Waals surface area contributed by atoms with E-state index < -0.39 is 16.1 Å². The lowest BCUT2D eigenvalue weighted by atomic mass is 10.2. The van der Waals surface area contributed by atoms with E-state index in [1.54, 1.807) is 0 Å². The van der Waals surface area contributed by atoms with Gasteiger partial charge in [-0.1, -0.05) is 53.1 Å². The quantitative estimate of drug-likeness (QED) is 0.307. The van der Waals surface area contributed by atoms with Crippen LogP contribution in [0.1, 0.15) is 26.7 Å². The third-order valence-electron chi connectivity index (χ3n) is 5.54. The first-order valence-corrected chi connectivity index (χ1v) is 21.3. The average molecular weight is 497 g/mol. The topological polar surface area (TPSA) is 34.1 Å². The van der Waals surface area contributed by atoms with Gasteiger partial charge in [-0.2, -0.15) is 0 Å². The first-order valence-electron chi connectivity index (χ1n) is 10.3. The zero-order valence-electron chi connectivity index (χ0n) is 19.0. The van der Waals surface area contributed by atoms with Gasteiger partial charge in [0.25, 0.3) is 0 Å². The van der Waals surface area contributed by atoms with Crippen LogP contribution in [0.2, 0.25) is 39.3 Å². The normalized spacial score (nSPS) is 24.3. The third kappa shape index (κ3) is 6.12. The summed E-state index contributed by atoms with van der Waals surface area (Å²) in [4.78, 5) is 22.1. The molecule has 2 heterocycles. The van der Waals surface area contributed by atoms with Gasteiger partial charge >= 0.3 is 0 Å².